The molecule has 128 valence electrons. The first-order chi connectivity index (χ1) is 12.1. The number of hydrogen-bond donors (Lipinski definition) is 2. The lowest BCUT2D eigenvalue weighted by molar-refractivity contribution is 0.0665. The Hall–Kier alpha value is -3.09. The Labute approximate surface area is 142 Å². The molecule has 0 spiro atoms. The number of fused-ring (bicyclic) bond motifs is 2. The Bertz CT molecular complexity index is 969. The van der Waals surface area contributed by atoms with Gasteiger partial charge in [0.1, 0.15) is 11.3 Å². The van der Waals surface area contributed by atoms with E-state index in [0.29, 0.717) is 22.4 Å². The minimum Gasteiger partial charge on any atom is -0.475 e. The van der Waals surface area contributed by atoms with E-state index in [-0.39, 0.29) is 11.7 Å². The molecule has 0 radical (unpaired) electrons. The number of aromatic carboxylic acids is 1. The molecule has 7 nitrogen and oxygen atoms in total. The first-order valence-corrected chi connectivity index (χ1v) is 8.17. The fraction of sp³-hybridized carbons (Fsp3) is 0.278. The molecule has 1 aliphatic carbocycles. The average molecular weight is 340 g/mol. The summed E-state index contributed by atoms with van der Waals surface area (Å²) in [5, 5.41) is 16.3. The highest BCUT2D eigenvalue weighted by molar-refractivity contribution is 6.05. The summed E-state index contributed by atoms with van der Waals surface area (Å²) in [5.74, 6) is -0.792. The number of hydrogen-bond acceptors (Lipinski definition) is 5. The number of carbonyl (C=O) groups excluding carboxylic acids is 1. The quantitative estimate of drug-likeness (QED) is 0.705. The number of carbonyl (C=O) groups is 2. The summed E-state index contributed by atoms with van der Waals surface area (Å²) in [6.45, 7) is 0. The fourth-order valence-electron chi connectivity index (χ4n) is 3.16. The molecule has 0 unspecified atom stereocenters. The van der Waals surface area contributed by atoms with Gasteiger partial charge in [-0.2, -0.15) is 0 Å². The van der Waals surface area contributed by atoms with Gasteiger partial charge < -0.3 is 19.4 Å². The van der Waals surface area contributed by atoms with E-state index < -0.39 is 5.97 Å². The maximum atomic E-state index is 12.6. The standard InChI is InChI=1S/C18H16N2O5/c21-17(16-12-4-2-1-3-5-14(12)25-20-16)19-11-6-7-13-10(8-11)9-15(24-13)18(22)23/h6-9H,1-5H2,(H,19,21)(H,22,23). The number of furan rings is 1. The van der Waals surface area contributed by atoms with Crippen LogP contribution < -0.4 is 5.32 Å². The van der Waals surface area contributed by atoms with Gasteiger partial charge >= 0.3 is 5.97 Å². The molecule has 1 amide bonds. The predicted octanol–water partition coefficient (Wildman–Crippen LogP) is 3.64. The first-order valence-electron chi connectivity index (χ1n) is 8.17. The second-order valence-electron chi connectivity index (χ2n) is 6.12. The van der Waals surface area contributed by atoms with Gasteiger partial charge in [-0.05, 0) is 43.5 Å². The molecular formula is C18H16N2O5. The van der Waals surface area contributed by atoms with E-state index in [1.807, 2.05) is 0 Å². The summed E-state index contributed by atoms with van der Waals surface area (Å²) < 4.78 is 10.5. The summed E-state index contributed by atoms with van der Waals surface area (Å²) in [5.41, 5.74) is 2.22. The van der Waals surface area contributed by atoms with Crippen LogP contribution in [-0.2, 0) is 12.8 Å². The van der Waals surface area contributed by atoms with E-state index in [0.717, 1.165) is 43.4 Å². The van der Waals surface area contributed by atoms with Gasteiger partial charge in [0.05, 0.1) is 0 Å². The summed E-state index contributed by atoms with van der Waals surface area (Å²) in [4.78, 5) is 23.5. The van der Waals surface area contributed by atoms with Crippen LogP contribution in [0.5, 0.6) is 0 Å². The SMILES string of the molecule is O=C(O)c1cc2cc(NC(=O)c3noc4c3CCCCC4)ccc2o1. The van der Waals surface area contributed by atoms with Crippen LogP contribution >= 0.6 is 0 Å². The van der Waals surface area contributed by atoms with Crippen LogP contribution in [0.3, 0.4) is 0 Å². The van der Waals surface area contributed by atoms with E-state index in [9.17, 15) is 9.59 Å². The molecule has 4 rings (SSSR count). The number of aromatic nitrogens is 1. The van der Waals surface area contributed by atoms with Gasteiger partial charge in [0.2, 0.25) is 5.76 Å². The number of amides is 1. The number of benzene rings is 1. The van der Waals surface area contributed by atoms with Crippen LogP contribution in [0.1, 0.15) is 51.6 Å². The van der Waals surface area contributed by atoms with Crippen molar-refractivity contribution in [3.8, 4) is 0 Å². The van der Waals surface area contributed by atoms with E-state index in [4.69, 9.17) is 14.0 Å². The summed E-state index contributed by atoms with van der Waals surface area (Å²) in [6.07, 6.45) is 4.80. The Morgan fingerprint density at radius 2 is 1.96 bits per heavy atom. The molecule has 0 saturated carbocycles. The van der Waals surface area contributed by atoms with Crippen molar-refractivity contribution in [3.05, 3.63) is 47.0 Å². The van der Waals surface area contributed by atoms with Gasteiger partial charge in [-0.3, -0.25) is 4.79 Å². The summed E-state index contributed by atoms with van der Waals surface area (Å²) >= 11 is 0. The van der Waals surface area contributed by atoms with Crippen LogP contribution in [0.15, 0.2) is 33.2 Å². The number of rotatable bonds is 3. The summed E-state index contributed by atoms with van der Waals surface area (Å²) in [7, 11) is 0. The average Bonchev–Trinajstić information content (AvgIpc) is 3.12. The molecule has 0 bridgehead atoms. The lowest BCUT2D eigenvalue weighted by atomic mass is 10.1. The third-order valence-corrected chi connectivity index (χ3v) is 4.40. The number of nitrogens with one attached hydrogen (secondary N) is 1. The van der Waals surface area contributed by atoms with Crippen LogP contribution in [-0.4, -0.2) is 22.1 Å². The number of carboxylic acid groups (broad SMARTS) is 1. The first kappa shape index (κ1) is 15.4. The highest BCUT2D eigenvalue weighted by Gasteiger charge is 2.23. The minimum atomic E-state index is -1.13. The zero-order valence-electron chi connectivity index (χ0n) is 13.4. The largest absolute Gasteiger partial charge is 0.475 e. The molecule has 0 saturated heterocycles. The maximum Gasteiger partial charge on any atom is 0.371 e. The lowest BCUT2D eigenvalue weighted by Crippen LogP contribution is -2.14. The highest BCUT2D eigenvalue weighted by atomic mass is 16.5. The van der Waals surface area contributed by atoms with Crippen molar-refractivity contribution in [1.82, 2.24) is 5.16 Å². The molecule has 25 heavy (non-hydrogen) atoms. The van der Waals surface area contributed by atoms with Gasteiger partial charge in [0.25, 0.3) is 5.91 Å². The van der Waals surface area contributed by atoms with E-state index in [1.165, 1.54) is 6.07 Å². The van der Waals surface area contributed by atoms with Crippen LogP contribution in [0.2, 0.25) is 0 Å². The van der Waals surface area contributed by atoms with Crippen LogP contribution in [0.4, 0.5) is 5.69 Å². The van der Waals surface area contributed by atoms with E-state index in [1.54, 1.807) is 18.2 Å². The highest BCUT2D eigenvalue weighted by Crippen LogP contribution is 2.26. The number of aryl methyl sites for hydroxylation is 1. The zero-order valence-corrected chi connectivity index (χ0v) is 13.4. The molecule has 7 heteroatoms. The zero-order chi connectivity index (χ0) is 17.4. The van der Waals surface area contributed by atoms with Crippen molar-refractivity contribution in [2.45, 2.75) is 32.1 Å². The van der Waals surface area contributed by atoms with Crippen LogP contribution in [0.25, 0.3) is 11.0 Å². The predicted molar refractivity (Wildman–Crippen MR) is 88.9 cm³/mol. The molecule has 2 aromatic heterocycles. The molecule has 2 N–H and O–H groups in total. The van der Waals surface area contributed by atoms with Gasteiger partial charge in [0.15, 0.2) is 5.69 Å². The smallest absolute Gasteiger partial charge is 0.371 e. The molecule has 0 fully saturated rings. The number of carboxylic acids is 1. The molecule has 3 aromatic rings. The lowest BCUT2D eigenvalue weighted by Gasteiger charge is -2.04. The molecule has 1 aliphatic rings. The molecule has 1 aromatic carbocycles. The molecule has 0 aliphatic heterocycles. The van der Waals surface area contributed by atoms with Crippen molar-refractivity contribution >= 4 is 28.5 Å². The van der Waals surface area contributed by atoms with E-state index >= 15 is 0 Å². The molecule has 2 heterocycles. The normalized spacial score (nSPS) is 14.1. The van der Waals surface area contributed by atoms with Crippen LogP contribution in [0, 0.1) is 0 Å². The number of anilines is 1. The maximum absolute atomic E-state index is 12.6. The Morgan fingerprint density at radius 3 is 2.80 bits per heavy atom. The van der Waals surface area contributed by atoms with Gasteiger partial charge in [0, 0.05) is 23.1 Å². The number of nitrogens with zero attached hydrogens (tertiary/aromatic N) is 1. The summed E-state index contributed by atoms with van der Waals surface area (Å²) in [6, 6.07) is 6.38. The molecular weight excluding hydrogens is 324 g/mol. The van der Waals surface area contributed by atoms with Crippen molar-refractivity contribution in [3.63, 3.8) is 0 Å². The fourth-order valence-corrected chi connectivity index (χ4v) is 3.16. The Kier molecular flexibility index (Phi) is 3.76. The van der Waals surface area contributed by atoms with Gasteiger partial charge in [-0.15, -0.1) is 0 Å². The third kappa shape index (κ3) is 2.88. The van der Waals surface area contributed by atoms with Crippen molar-refractivity contribution < 1.29 is 23.6 Å². The topological polar surface area (TPSA) is 106 Å². The van der Waals surface area contributed by atoms with Crippen molar-refractivity contribution in [2.75, 3.05) is 5.32 Å². The second-order valence-corrected chi connectivity index (χ2v) is 6.12. The van der Waals surface area contributed by atoms with E-state index in [2.05, 4.69) is 10.5 Å². The Morgan fingerprint density at radius 1 is 1.12 bits per heavy atom. The third-order valence-electron chi connectivity index (χ3n) is 4.40. The van der Waals surface area contributed by atoms with Crippen molar-refractivity contribution in [2.24, 2.45) is 0 Å². The van der Waals surface area contributed by atoms with Gasteiger partial charge in [-0.1, -0.05) is 11.6 Å². The monoisotopic (exact) mass is 340 g/mol. The Balaban J connectivity index is 1.59. The van der Waals surface area contributed by atoms with Gasteiger partial charge in [-0.25, -0.2) is 4.79 Å². The second kappa shape index (κ2) is 6.08. The minimum absolute atomic E-state index is 0.139. The molecule has 0 atom stereocenters. The van der Waals surface area contributed by atoms with Crippen molar-refractivity contribution in [1.29, 1.82) is 0 Å².